The van der Waals surface area contributed by atoms with Gasteiger partial charge in [0.1, 0.15) is 22.6 Å². The third-order valence-corrected chi connectivity index (χ3v) is 6.89. The smallest absolute Gasteiger partial charge is 0.322 e. The van der Waals surface area contributed by atoms with E-state index in [1.165, 1.54) is 12.1 Å². The van der Waals surface area contributed by atoms with Gasteiger partial charge in [-0.25, -0.2) is 23.5 Å². The first-order valence-corrected chi connectivity index (χ1v) is 11.3. The molecular weight excluding hydrogens is 458 g/mol. The summed E-state index contributed by atoms with van der Waals surface area (Å²) in [5, 5.41) is 3.29. The molecule has 0 saturated carbocycles. The maximum Gasteiger partial charge on any atom is 0.322 e. The number of piperazine rings is 1. The van der Waals surface area contributed by atoms with Gasteiger partial charge in [0.05, 0.1) is 12.4 Å². The number of carbonyl (C=O) groups is 2. The number of imide groups is 1. The quantitative estimate of drug-likeness (QED) is 0.428. The van der Waals surface area contributed by atoms with Gasteiger partial charge < -0.3 is 14.8 Å². The molecule has 2 saturated heterocycles. The Morgan fingerprint density at radius 2 is 1.70 bits per heavy atom. The van der Waals surface area contributed by atoms with Crippen molar-refractivity contribution in [2.75, 3.05) is 31.1 Å². The number of rotatable bonds is 7. The number of aromatic nitrogens is 2. The summed E-state index contributed by atoms with van der Waals surface area (Å²) in [6, 6.07) is 5.19. The van der Waals surface area contributed by atoms with Gasteiger partial charge in [-0.05, 0) is 41.8 Å². The lowest BCUT2D eigenvalue weighted by Crippen LogP contribution is -2.66. The summed E-state index contributed by atoms with van der Waals surface area (Å²) in [5.74, 6) is -1.53. The molecule has 2 aromatic rings. The molecule has 2 fully saturated rings. The first-order chi connectivity index (χ1) is 15.8. The van der Waals surface area contributed by atoms with E-state index >= 15 is 0 Å². The molecule has 1 aromatic heterocycles. The lowest BCUT2D eigenvalue weighted by Gasteiger charge is -2.46. The summed E-state index contributed by atoms with van der Waals surface area (Å²) in [6.07, 6.45) is 1.88. The fourth-order valence-electron chi connectivity index (χ4n) is 4.22. The van der Waals surface area contributed by atoms with Crippen molar-refractivity contribution in [2.45, 2.75) is 23.8 Å². The van der Waals surface area contributed by atoms with Crippen LogP contribution in [0.2, 0.25) is 0 Å². The number of benzene rings is 1. The SMILES string of the molecule is O=C1NC(=O)C(CCc2ncc(F)cn2)(C(N2CCN(c3ccc(F)cc3)CC2)S(=O)[O-])N1. The van der Waals surface area contributed by atoms with E-state index in [0.29, 0.717) is 13.1 Å². The average molecular weight is 479 g/mol. The maximum absolute atomic E-state index is 13.2. The van der Waals surface area contributed by atoms with Crippen LogP contribution < -0.4 is 15.5 Å². The van der Waals surface area contributed by atoms with E-state index < -0.39 is 39.7 Å². The van der Waals surface area contributed by atoms with Crippen LogP contribution in [-0.4, -0.2) is 72.7 Å². The normalized spacial score (nSPS) is 23.2. The number of carbonyl (C=O) groups excluding carboxylic acids is 2. The summed E-state index contributed by atoms with van der Waals surface area (Å²) in [5.41, 5.74) is -0.967. The largest absolute Gasteiger partial charge is 0.771 e. The van der Waals surface area contributed by atoms with Crippen LogP contribution in [0.5, 0.6) is 0 Å². The summed E-state index contributed by atoms with van der Waals surface area (Å²) in [6.45, 7) is 1.44. The van der Waals surface area contributed by atoms with Gasteiger partial charge in [-0.2, -0.15) is 0 Å². The minimum Gasteiger partial charge on any atom is -0.771 e. The first-order valence-electron chi connectivity index (χ1n) is 10.2. The molecule has 1 aromatic carbocycles. The summed E-state index contributed by atoms with van der Waals surface area (Å²) in [4.78, 5) is 36.2. The molecule has 3 atom stereocenters. The van der Waals surface area contributed by atoms with Gasteiger partial charge in [-0.1, -0.05) is 0 Å². The molecule has 2 aliphatic rings. The second-order valence-electron chi connectivity index (χ2n) is 7.81. The van der Waals surface area contributed by atoms with Gasteiger partial charge in [0.2, 0.25) is 0 Å². The Kier molecular flexibility index (Phi) is 6.63. The number of aryl methyl sites for hydroxylation is 1. The van der Waals surface area contributed by atoms with Crippen LogP contribution in [0.1, 0.15) is 12.2 Å². The molecule has 0 bridgehead atoms. The second-order valence-corrected chi connectivity index (χ2v) is 8.78. The monoisotopic (exact) mass is 479 g/mol. The van der Waals surface area contributed by atoms with Crippen LogP contribution in [-0.2, 0) is 22.3 Å². The van der Waals surface area contributed by atoms with Crippen LogP contribution in [0.3, 0.4) is 0 Å². The Balaban J connectivity index is 1.54. The van der Waals surface area contributed by atoms with Crippen molar-refractivity contribution in [3.63, 3.8) is 0 Å². The minimum atomic E-state index is -2.75. The molecule has 2 N–H and O–H groups in total. The van der Waals surface area contributed by atoms with Gasteiger partial charge in [0, 0.05) is 38.3 Å². The third-order valence-electron chi connectivity index (χ3n) is 5.83. The van der Waals surface area contributed by atoms with E-state index in [-0.39, 0.29) is 37.6 Å². The van der Waals surface area contributed by atoms with Crippen LogP contribution in [0.4, 0.5) is 19.3 Å². The van der Waals surface area contributed by atoms with Crippen LogP contribution in [0.15, 0.2) is 36.7 Å². The number of halogens is 2. The van der Waals surface area contributed by atoms with Crippen molar-refractivity contribution < 1.29 is 27.1 Å². The van der Waals surface area contributed by atoms with Gasteiger partial charge in [-0.3, -0.25) is 19.2 Å². The zero-order valence-corrected chi connectivity index (χ0v) is 18.2. The highest BCUT2D eigenvalue weighted by molar-refractivity contribution is 7.79. The van der Waals surface area contributed by atoms with E-state index in [9.17, 15) is 27.1 Å². The van der Waals surface area contributed by atoms with Crippen molar-refractivity contribution >= 4 is 28.7 Å². The Hall–Kier alpha value is -3.03. The van der Waals surface area contributed by atoms with Crippen LogP contribution in [0, 0.1) is 11.6 Å². The molecule has 13 heteroatoms. The van der Waals surface area contributed by atoms with Crippen molar-refractivity contribution in [1.82, 2.24) is 25.5 Å². The topological polar surface area (TPSA) is 131 Å². The molecule has 176 valence electrons. The average Bonchev–Trinajstić information content (AvgIpc) is 3.08. The summed E-state index contributed by atoms with van der Waals surface area (Å²) < 4.78 is 51.1. The van der Waals surface area contributed by atoms with Crippen LogP contribution >= 0.6 is 0 Å². The number of anilines is 1. The number of hydrogen-bond donors (Lipinski definition) is 2. The molecule has 10 nitrogen and oxygen atoms in total. The number of nitrogens with one attached hydrogen (secondary N) is 2. The Labute approximate surface area is 190 Å². The molecule has 33 heavy (non-hydrogen) atoms. The Morgan fingerprint density at radius 1 is 1.06 bits per heavy atom. The van der Waals surface area contributed by atoms with Gasteiger partial charge in [0.25, 0.3) is 5.91 Å². The molecule has 3 heterocycles. The fourth-order valence-corrected chi connectivity index (χ4v) is 5.29. The Bertz CT molecular complexity index is 1050. The molecule has 0 spiro atoms. The second kappa shape index (κ2) is 9.45. The highest BCUT2D eigenvalue weighted by atomic mass is 32.2. The third kappa shape index (κ3) is 4.84. The van der Waals surface area contributed by atoms with E-state index in [1.807, 2.05) is 4.90 Å². The zero-order valence-electron chi connectivity index (χ0n) is 17.4. The first kappa shape index (κ1) is 23.1. The molecule has 0 radical (unpaired) electrons. The minimum absolute atomic E-state index is 0.0389. The van der Waals surface area contributed by atoms with Crippen LogP contribution in [0.25, 0.3) is 0 Å². The van der Waals surface area contributed by atoms with Gasteiger partial charge in [-0.15, -0.1) is 0 Å². The van der Waals surface area contributed by atoms with Crippen molar-refractivity contribution in [1.29, 1.82) is 0 Å². The van der Waals surface area contributed by atoms with Crippen molar-refractivity contribution in [2.24, 2.45) is 0 Å². The summed E-state index contributed by atoms with van der Waals surface area (Å²) >= 11 is -2.75. The molecule has 0 aliphatic carbocycles. The molecule has 2 aliphatic heterocycles. The molecule has 3 unspecified atom stereocenters. The van der Waals surface area contributed by atoms with E-state index in [0.717, 1.165) is 18.1 Å². The predicted molar refractivity (Wildman–Crippen MR) is 113 cm³/mol. The number of urea groups is 1. The highest BCUT2D eigenvalue weighted by Crippen LogP contribution is 2.29. The maximum atomic E-state index is 13.2. The molecular formula is C20H21F2N6O4S-. The van der Waals surface area contributed by atoms with E-state index in [4.69, 9.17) is 0 Å². The predicted octanol–water partition coefficient (Wildman–Crippen LogP) is 0.293. The van der Waals surface area contributed by atoms with Crippen molar-refractivity contribution in [3.05, 3.63) is 54.1 Å². The fraction of sp³-hybridized carbons (Fsp3) is 0.400. The van der Waals surface area contributed by atoms with Crippen molar-refractivity contribution in [3.8, 4) is 0 Å². The van der Waals surface area contributed by atoms with Gasteiger partial charge >= 0.3 is 6.03 Å². The Morgan fingerprint density at radius 3 is 2.24 bits per heavy atom. The standard InChI is InChI=1S/C20H22F2N6O4S/c21-13-1-3-15(4-2-13)27-7-9-28(10-8-27)18(33(31)32)20(17(29)25-19(30)26-20)6-5-16-23-11-14(22)12-24-16/h1-4,11-12,18H,5-10H2,(H,31,32)(H2,25,26,29,30)/p-1. The molecule has 4 rings (SSSR count). The number of hydrogen-bond acceptors (Lipinski definition) is 8. The van der Waals surface area contributed by atoms with E-state index in [2.05, 4.69) is 20.6 Å². The number of nitrogens with zero attached hydrogens (tertiary/aromatic N) is 4. The molecule has 3 amide bonds. The lowest BCUT2D eigenvalue weighted by molar-refractivity contribution is -0.125. The summed E-state index contributed by atoms with van der Waals surface area (Å²) in [7, 11) is 0. The van der Waals surface area contributed by atoms with E-state index in [1.54, 1.807) is 17.0 Å². The zero-order chi connectivity index (χ0) is 23.6. The van der Waals surface area contributed by atoms with Gasteiger partial charge in [0.15, 0.2) is 5.82 Å². The number of amides is 3. The lowest BCUT2D eigenvalue weighted by atomic mass is 9.91. The highest BCUT2D eigenvalue weighted by Gasteiger charge is 2.54.